The molecule has 0 aromatic heterocycles. The summed E-state index contributed by atoms with van der Waals surface area (Å²) < 4.78 is 0. The number of rotatable bonds is 0. The number of allylic oxidation sites excluding steroid dienone is 2. The number of nitrogens with zero attached hydrogens (tertiary/aromatic N) is 1. The van der Waals surface area contributed by atoms with E-state index in [0.29, 0.717) is 11.8 Å². The highest BCUT2D eigenvalue weighted by Crippen LogP contribution is 2.49. The molecule has 1 saturated carbocycles. The lowest BCUT2D eigenvalue weighted by Crippen LogP contribution is -2.38. The zero-order valence-electron chi connectivity index (χ0n) is 8.14. The predicted octanol–water partition coefficient (Wildman–Crippen LogP) is 0.813. The smallest absolute Gasteiger partial charge is 0.233 e. The number of fused-ring (bicyclic) bond motifs is 1. The molecule has 4 atom stereocenters. The first-order chi connectivity index (χ1) is 6.70. The number of hydrogen-bond donors (Lipinski definition) is 0. The molecule has 1 saturated heterocycles. The summed E-state index contributed by atoms with van der Waals surface area (Å²) >= 11 is 0. The Balaban J connectivity index is 2.07. The highest BCUT2D eigenvalue weighted by Gasteiger charge is 2.55. The van der Waals surface area contributed by atoms with E-state index in [1.807, 2.05) is 0 Å². The minimum atomic E-state index is -0.0313. The molecule has 0 aromatic rings. The van der Waals surface area contributed by atoms with Crippen molar-refractivity contribution in [3.8, 4) is 0 Å². The van der Waals surface area contributed by atoms with E-state index in [0.717, 1.165) is 12.8 Å². The van der Waals surface area contributed by atoms with Crippen molar-refractivity contribution in [1.29, 1.82) is 0 Å². The van der Waals surface area contributed by atoms with Gasteiger partial charge in [-0.05, 0) is 24.7 Å². The molecule has 2 amide bonds. The Morgan fingerprint density at radius 3 is 1.86 bits per heavy atom. The number of carbonyl (C=O) groups is 2. The molecule has 3 heteroatoms. The topological polar surface area (TPSA) is 37.4 Å². The highest BCUT2D eigenvalue weighted by molar-refractivity contribution is 6.05. The maximum Gasteiger partial charge on any atom is 0.233 e. The van der Waals surface area contributed by atoms with Crippen LogP contribution in [0.15, 0.2) is 12.2 Å². The lowest BCUT2D eigenvalue weighted by atomic mass is 9.63. The molecular formula is C11H13NO2. The first-order valence-corrected chi connectivity index (χ1v) is 5.20. The summed E-state index contributed by atoms with van der Waals surface area (Å²) in [6.07, 6.45) is 6.43. The molecule has 0 radical (unpaired) electrons. The number of imide groups is 1. The zero-order chi connectivity index (χ0) is 9.87. The lowest BCUT2D eigenvalue weighted by molar-refractivity contribution is -0.138. The molecule has 3 nitrogen and oxygen atoms in total. The average molecular weight is 191 g/mol. The summed E-state index contributed by atoms with van der Waals surface area (Å²) in [7, 11) is 1.61. The van der Waals surface area contributed by atoms with Crippen molar-refractivity contribution < 1.29 is 9.59 Å². The summed E-state index contributed by atoms with van der Waals surface area (Å²) in [5.74, 6) is 0.670. The van der Waals surface area contributed by atoms with Gasteiger partial charge in [-0.15, -0.1) is 0 Å². The van der Waals surface area contributed by atoms with Crippen LogP contribution in [0, 0.1) is 23.7 Å². The van der Waals surface area contributed by atoms with E-state index in [4.69, 9.17) is 0 Å². The van der Waals surface area contributed by atoms with Gasteiger partial charge in [0, 0.05) is 7.05 Å². The Hall–Kier alpha value is -1.12. The van der Waals surface area contributed by atoms with Crippen molar-refractivity contribution in [1.82, 2.24) is 4.90 Å². The largest absolute Gasteiger partial charge is 0.285 e. The number of amides is 2. The van der Waals surface area contributed by atoms with Crippen LogP contribution in [0.25, 0.3) is 0 Å². The van der Waals surface area contributed by atoms with Crippen LogP contribution in [0.5, 0.6) is 0 Å². The van der Waals surface area contributed by atoms with Crippen LogP contribution in [0.3, 0.4) is 0 Å². The molecule has 2 bridgehead atoms. The fourth-order valence-electron chi connectivity index (χ4n) is 3.22. The molecule has 0 aromatic carbocycles. The minimum absolute atomic E-state index is 0.0313. The normalized spacial score (nSPS) is 44.8. The third-order valence-electron chi connectivity index (χ3n) is 3.98. The molecule has 0 spiro atoms. The molecule has 4 rings (SSSR count). The predicted molar refractivity (Wildman–Crippen MR) is 50.1 cm³/mol. The van der Waals surface area contributed by atoms with Crippen LogP contribution >= 0.6 is 0 Å². The summed E-state index contributed by atoms with van der Waals surface area (Å²) in [4.78, 5) is 24.9. The van der Waals surface area contributed by atoms with Gasteiger partial charge in [0.15, 0.2) is 0 Å². The zero-order valence-corrected chi connectivity index (χ0v) is 8.14. The van der Waals surface area contributed by atoms with Gasteiger partial charge in [-0.1, -0.05) is 12.2 Å². The van der Waals surface area contributed by atoms with E-state index < -0.39 is 0 Å². The molecule has 74 valence electrons. The molecule has 2 fully saturated rings. The van der Waals surface area contributed by atoms with Crippen molar-refractivity contribution in [2.75, 3.05) is 7.05 Å². The third kappa shape index (κ3) is 0.781. The van der Waals surface area contributed by atoms with Gasteiger partial charge < -0.3 is 0 Å². The van der Waals surface area contributed by atoms with Gasteiger partial charge in [0.1, 0.15) is 0 Å². The van der Waals surface area contributed by atoms with Crippen LogP contribution in [0.1, 0.15) is 12.8 Å². The first-order valence-electron chi connectivity index (χ1n) is 5.20. The second-order valence-corrected chi connectivity index (χ2v) is 4.58. The third-order valence-corrected chi connectivity index (χ3v) is 3.98. The van der Waals surface area contributed by atoms with Crippen LogP contribution in [0.2, 0.25) is 0 Å². The molecule has 3 aliphatic carbocycles. The maximum atomic E-state index is 11.8. The van der Waals surface area contributed by atoms with Gasteiger partial charge in [-0.2, -0.15) is 0 Å². The second-order valence-electron chi connectivity index (χ2n) is 4.58. The number of carbonyl (C=O) groups excluding carboxylic acids is 2. The summed E-state index contributed by atoms with van der Waals surface area (Å²) in [5.41, 5.74) is 0. The maximum absolute atomic E-state index is 11.8. The van der Waals surface area contributed by atoms with E-state index in [1.54, 1.807) is 7.05 Å². The minimum Gasteiger partial charge on any atom is -0.285 e. The van der Waals surface area contributed by atoms with E-state index in [9.17, 15) is 9.59 Å². The Labute approximate surface area is 82.8 Å². The van der Waals surface area contributed by atoms with E-state index >= 15 is 0 Å². The SMILES string of the molecule is CN1C(=O)[C@@H]2[C@@H](C1=O)[C@H]1C=C[C@H]2CC1. The van der Waals surface area contributed by atoms with Gasteiger partial charge in [-0.3, -0.25) is 14.5 Å². The summed E-state index contributed by atoms with van der Waals surface area (Å²) in [5, 5.41) is 0. The van der Waals surface area contributed by atoms with E-state index in [2.05, 4.69) is 12.2 Å². The molecule has 1 aliphatic heterocycles. The fourth-order valence-corrected chi connectivity index (χ4v) is 3.22. The molecule has 4 aliphatic rings. The molecule has 14 heavy (non-hydrogen) atoms. The average Bonchev–Trinajstić information content (AvgIpc) is 2.47. The van der Waals surface area contributed by atoms with Crippen LogP contribution < -0.4 is 0 Å². The quantitative estimate of drug-likeness (QED) is 0.420. The van der Waals surface area contributed by atoms with Gasteiger partial charge in [0.2, 0.25) is 11.8 Å². The second kappa shape index (κ2) is 2.47. The first kappa shape index (κ1) is 8.21. The van der Waals surface area contributed by atoms with Gasteiger partial charge in [0.25, 0.3) is 0 Å². The fraction of sp³-hybridized carbons (Fsp3) is 0.636. The van der Waals surface area contributed by atoms with Gasteiger partial charge >= 0.3 is 0 Å². The molecule has 1 heterocycles. The molecule has 0 N–H and O–H groups in total. The highest BCUT2D eigenvalue weighted by atomic mass is 16.2. The van der Waals surface area contributed by atoms with Crippen LogP contribution in [-0.4, -0.2) is 23.8 Å². The Morgan fingerprint density at radius 1 is 1.07 bits per heavy atom. The van der Waals surface area contributed by atoms with Crippen molar-refractivity contribution >= 4 is 11.8 Å². The van der Waals surface area contributed by atoms with E-state index in [-0.39, 0.29) is 23.7 Å². The summed E-state index contributed by atoms with van der Waals surface area (Å²) in [6.45, 7) is 0. The standard InChI is InChI=1S/C11H13NO2/c1-12-10(13)8-6-2-3-7(5-4-6)9(8)11(12)14/h2-3,6-9H,4-5H2,1H3/t6-,7-,8-,9-/m0/s1. The lowest BCUT2D eigenvalue weighted by Gasteiger charge is -2.38. The summed E-state index contributed by atoms with van der Waals surface area (Å²) in [6, 6.07) is 0. The van der Waals surface area contributed by atoms with Crippen molar-refractivity contribution in [3.63, 3.8) is 0 Å². The molecular weight excluding hydrogens is 178 g/mol. The van der Waals surface area contributed by atoms with Crippen molar-refractivity contribution in [3.05, 3.63) is 12.2 Å². The van der Waals surface area contributed by atoms with Gasteiger partial charge in [-0.25, -0.2) is 0 Å². The molecule has 0 unspecified atom stereocenters. The van der Waals surface area contributed by atoms with Crippen molar-refractivity contribution in [2.24, 2.45) is 23.7 Å². The van der Waals surface area contributed by atoms with E-state index in [1.165, 1.54) is 4.90 Å². The van der Waals surface area contributed by atoms with Crippen LogP contribution in [-0.2, 0) is 9.59 Å². The van der Waals surface area contributed by atoms with Crippen LogP contribution in [0.4, 0.5) is 0 Å². The monoisotopic (exact) mass is 191 g/mol. The Bertz CT molecular complexity index is 315. The Kier molecular flexibility index (Phi) is 1.45. The van der Waals surface area contributed by atoms with Crippen molar-refractivity contribution in [2.45, 2.75) is 12.8 Å². The Morgan fingerprint density at radius 2 is 1.50 bits per heavy atom. The van der Waals surface area contributed by atoms with Gasteiger partial charge in [0.05, 0.1) is 11.8 Å². The number of hydrogen-bond acceptors (Lipinski definition) is 2. The number of likely N-dealkylation sites (tertiary alicyclic amines) is 1.